The summed E-state index contributed by atoms with van der Waals surface area (Å²) in [4.78, 5) is 15.6. The second-order valence-electron chi connectivity index (χ2n) is 11.7. The summed E-state index contributed by atoms with van der Waals surface area (Å²) in [6, 6.07) is 50.3. The molecule has 0 unspecified atom stereocenters. The third kappa shape index (κ3) is 3.66. The predicted octanol–water partition coefficient (Wildman–Crippen LogP) is 10.5. The highest BCUT2D eigenvalue weighted by molar-refractivity contribution is 6.21. The summed E-state index contributed by atoms with van der Waals surface area (Å²) in [5.74, 6) is 1.78. The van der Waals surface area contributed by atoms with Gasteiger partial charge in [-0.25, -0.2) is 4.98 Å². The lowest BCUT2D eigenvalue weighted by Gasteiger charge is -2.12. The van der Waals surface area contributed by atoms with Crippen molar-refractivity contribution in [3.63, 3.8) is 0 Å². The molecule has 214 valence electrons. The number of fused-ring (bicyclic) bond motifs is 9. The maximum atomic E-state index is 6.53. The number of rotatable bonds is 3. The zero-order valence-corrected chi connectivity index (χ0v) is 24.6. The van der Waals surface area contributed by atoms with Gasteiger partial charge in [0.25, 0.3) is 0 Å². The van der Waals surface area contributed by atoms with Crippen molar-refractivity contribution >= 4 is 65.3 Å². The molecule has 0 atom stereocenters. The van der Waals surface area contributed by atoms with Gasteiger partial charge in [-0.15, -0.1) is 0 Å². The van der Waals surface area contributed by atoms with Gasteiger partial charge in [0.1, 0.15) is 11.2 Å². The summed E-state index contributed by atoms with van der Waals surface area (Å²) in [6.07, 6.45) is 0. The van der Waals surface area contributed by atoms with Gasteiger partial charge in [0, 0.05) is 38.1 Å². The van der Waals surface area contributed by atoms with Gasteiger partial charge in [0.2, 0.25) is 5.95 Å². The second-order valence-corrected chi connectivity index (χ2v) is 11.7. The molecule has 10 aromatic rings. The first-order chi connectivity index (χ1) is 22.8. The minimum Gasteiger partial charge on any atom is -0.455 e. The van der Waals surface area contributed by atoms with Crippen molar-refractivity contribution in [2.24, 2.45) is 0 Å². The number of hydrogen-bond acceptors (Lipinski definition) is 4. The summed E-state index contributed by atoms with van der Waals surface area (Å²) in [7, 11) is 0. The maximum Gasteiger partial charge on any atom is 0.238 e. The molecule has 0 aliphatic heterocycles. The third-order valence-electron chi connectivity index (χ3n) is 9.01. The molecule has 0 bridgehead atoms. The molecule has 0 fully saturated rings. The lowest BCUT2D eigenvalue weighted by atomic mass is 9.99. The first-order valence-corrected chi connectivity index (χ1v) is 15.4. The van der Waals surface area contributed by atoms with E-state index in [0.29, 0.717) is 17.6 Å². The van der Waals surface area contributed by atoms with Crippen molar-refractivity contribution < 1.29 is 4.42 Å². The van der Waals surface area contributed by atoms with Crippen LogP contribution in [-0.2, 0) is 0 Å². The summed E-state index contributed by atoms with van der Waals surface area (Å²) in [6.45, 7) is 0. The van der Waals surface area contributed by atoms with Gasteiger partial charge in [-0.3, -0.25) is 4.57 Å². The van der Waals surface area contributed by atoms with E-state index in [4.69, 9.17) is 19.4 Å². The van der Waals surface area contributed by atoms with Crippen LogP contribution >= 0.6 is 0 Å². The van der Waals surface area contributed by atoms with Crippen molar-refractivity contribution in [2.75, 3.05) is 0 Å². The molecule has 0 saturated heterocycles. The van der Waals surface area contributed by atoms with Gasteiger partial charge in [-0.05, 0) is 46.5 Å². The number of hydrogen-bond donors (Lipinski definition) is 0. The molecule has 0 radical (unpaired) electrons. The molecule has 5 heteroatoms. The zero-order chi connectivity index (χ0) is 30.2. The number of furan rings is 1. The fourth-order valence-corrected chi connectivity index (χ4v) is 6.91. The molecule has 0 aliphatic carbocycles. The molecule has 10 rings (SSSR count). The highest BCUT2D eigenvalue weighted by atomic mass is 16.3. The van der Waals surface area contributed by atoms with Gasteiger partial charge < -0.3 is 4.42 Å². The smallest absolute Gasteiger partial charge is 0.238 e. The Labute approximate surface area is 263 Å². The van der Waals surface area contributed by atoms with Gasteiger partial charge in [-0.2, -0.15) is 9.97 Å². The fourth-order valence-electron chi connectivity index (χ4n) is 6.91. The van der Waals surface area contributed by atoms with E-state index in [0.717, 1.165) is 71.0 Å². The normalized spacial score (nSPS) is 11.9. The average molecular weight is 589 g/mol. The van der Waals surface area contributed by atoms with E-state index in [1.165, 1.54) is 5.39 Å². The topological polar surface area (TPSA) is 56.7 Å². The number of aromatic nitrogens is 4. The Morgan fingerprint density at radius 2 is 1.11 bits per heavy atom. The minimum absolute atomic E-state index is 0.569. The van der Waals surface area contributed by atoms with E-state index in [1.807, 2.05) is 48.5 Å². The van der Waals surface area contributed by atoms with Gasteiger partial charge in [-0.1, -0.05) is 115 Å². The van der Waals surface area contributed by atoms with Crippen LogP contribution in [0.2, 0.25) is 0 Å². The summed E-state index contributed by atoms with van der Waals surface area (Å²) >= 11 is 0. The van der Waals surface area contributed by atoms with Crippen molar-refractivity contribution in [3.05, 3.63) is 146 Å². The minimum atomic E-state index is 0.569. The van der Waals surface area contributed by atoms with E-state index in [-0.39, 0.29) is 0 Å². The monoisotopic (exact) mass is 588 g/mol. The molecule has 5 nitrogen and oxygen atoms in total. The van der Waals surface area contributed by atoms with Crippen molar-refractivity contribution in [3.8, 4) is 28.7 Å². The summed E-state index contributed by atoms with van der Waals surface area (Å²) < 4.78 is 8.71. The highest BCUT2D eigenvalue weighted by Gasteiger charge is 2.22. The van der Waals surface area contributed by atoms with Crippen LogP contribution in [0.5, 0.6) is 0 Å². The fraction of sp³-hybridized carbons (Fsp3) is 0. The molecule has 0 aliphatic rings. The van der Waals surface area contributed by atoms with Crippen molar-refractivity contribution in [2.45, 2.75) is 0 Å². The van der Waals surface area contributed by atoms with Crippen LogP contribution in [0.1, 0.15) is 0 Å². The molecule has 0 N–H and O–H groups in total. The zero-order valence-electron chi connectivity index (χ0n) is 24.6. The van der Waals surface area contributed by atoms with Crippen LogP contribution in [-0.4, -0.2) is 19.5 Å². The Hall–Kier alpha value is -6.33. The van der Waals surface area contributed by atoms with Gasteiger partial charge in [0.05, 0.1) is 11.0 Å². The largest absolute Gasteiger partial charge is 0.455 e. The predicted molar refractivity (Wildman–Crippen MR) is 187 cm³/mol. The quantitative estimate of drug-likeness (QED) is 0.206. The summed E-state index contributed by atoms with van der Waals surface area (Å²) in [5, 5.41) is 8.83. The van der Waals surface area contributed by atoms with E-state index in [2.05, 4.69) is 102 Å². The van der Waals surface area contributed by atoms with Gasteiger partial charge in [0.15, 0.2) is 11.6 Å². The first-order valence-electron chi connectivity index (χ1n) is 15.4. The standard InChI is InChI=1S/C41H24N4O/c1-2-12-25(13-3-1)39-42-40(33-23-28-16-6-7-17-29(28)38-37(33)31-19-9-11-21-36(31)46-38)44-41(43-39)45-34-20-10-8-18-30(34)32-22-26-14-4-5-15-27(26)24-35(32)45/h1-24H. The molecule has 3 aromatic heterocycles. The van der Waals surface area contributed by atoms with Crippen molar-refractivity contribution in [1.82, 2.24) is 19.5 Å². The van der Waals surface area contributed by atoms with Crippen LogP contribution in [0.4, 0.5) is 0 Å². The van der Waals surface area contributed by atoms with Crippen LogP contribution in [0.25, 0.3) is 94.0 Å². The van der Waals surface area contributed by atoms with E-state index < -0.39 is 0 Å². The van der Waals surface area contributed by atoms with Crippen molar-refractivity contribution in [1.29, 1.82) is 0 Å². The Bertz CT molecular complexity index is 2810. The number of para-hydroxylation sites is 2. The highest BCUT2D eigenvalue weighted by Crippen LogP contribution is 2.41. The Morgan fingerprint density at radius 3 is 1.96 bits per heavy atom. The SMILES string of the molecule is c1ccc(-c2nc(-c3cc4ccccc4c4oc5ccccc5c34)nc(-n3c4ccccc4c4cc5ccccc5cc43)n2)cc1. The average Bonchev–Trinajstić information content (AvgIpc) is 3.67. The molecule has 0 saturated carbocycles. The van der Waals surface area contributed by atoms with Crippen LogP contribution < -0.4 is 0 Å². The van der Waals surface area contributed by atoms with E-state index in [1.54, 1.807) is 0 Å². The Kier molecular flexibility index (Phi) is 5.22. The molecule has 0 amide bonds. The Balaban J connectivity index is 1.35. The molecule has 0 spiro atoms. The molecular formula is C41H24N4O. The first kappa shape index (κ1) is 25.0. The lowest BCUT2D eigenvalue weighted by Crippen LogP contribution is -2.06. The van der Waals surface area contributed by atoms with Gasteiger partial charge >= 0.3 is 0 Å². The summed E-state index contributed by atoms with van der Waals surface area (Å²) in [5.41, 5.74) is 5.59. The van der Waals surface area contributed by atoms with Crippen LogP contribution in [0, 0.1) is 0 Å². The Morgan fingerprint density at radius 1 is 0.457 bits per heavy atom. The number of nitrogens with zero attached hydrogens (tertiary/aromatic N) is 4. The maximum absolute atomic E-state index is 6.53. The molecule has 7 aromatic carbocycles. The molecular weight excluding hydrogens is 564 g/mol. The second kappa shape index (κ2) is 9.58. The van der Waals surface area contributed by atoms with Crippen LogP contribution in [0.15, 0.2) is 150 Å². The van der Waals surface area contributed by atoms with E-state index >= 15 is 0 Å². The van der Waals surface area contributed by atoms with E-state index in [9.17, 15) is 0 Å². The van der Waals surface area contributed by atoms with Crippen LogP contribution in [0.3, 0.4) is 0 Å². The number of benzene rings is 7. The third-order valence-corrected chi connectivity index (χ3v) is 9.01. The molecule has 46 heavy (non-hydrogen) atoms. The lowest BCUT2D eigenvalue weighted by molar-refractivity contribution is 0.672. The molecule has 3 heterocycles.